The molecule has 0 aliphatic heterocycles. The smallest absolute Gasteiger partial charge is 0.221 e. The molecule has 0 unspecified atom stereocenters. The summed E-state index contributed by atoms with van der Waals surface area (Å²) in [5.74, 6) is 2.28. The maximum atomic E-state index is 12.0. The molecule has 2 aromatic rings. The Labute approximate surface area is 154 Å². The normalized spacial score (nSPS) is 10.1. The van der Waals surface area contributed by atoms with Crippen LogP contribution in [0.3, 0.4) is 0 Å². The van der Waals surface area contributed by atoms with Crippen molar-refractivity contribution in [2.75, 3.05) is 39.7 Å². The zero-order valence-electron chi connectivity index (χ0n) is 15.5. The van der Waals surface area contributed by atoms with Crippen LogP contribution in [0.2, 0.25) is 0 Å². The molecule has 2 rings (SSSR count). The van der Waals surface area contributed by atoms with Gasteiger partial charge in [-0.05, 0) is 36.2 Å². The lowest BCUT2D eigenvalue weighted by atomic mass is 10.1. The molecule has 0 saturated heterocycles. The molecule has 0 aliphatic rings. The second kappa shape index (κ2) is 10.2. The number of ether oxygens (including phenoxy) is 3. The molecule has 0 aliphatic carbocycles. The topological polar surface area (TPSA) is 68.8 Å². The highest BCUT2D eigenvalue weighted by Gasteiger charge is 2.06. The third-order valence-corrected chi connectivity index (χ3v) is 3.97. The lowest BCUT2D eigenvalue weighted by molar-refractivity contribution is -0.120. The number of benzene rings is 2. The summed E-state index contributed by atoms with van der Waals surface area (Å²) in [6.45, 7) is 1.12. The number of rotatable bonds is 10. The first-order valence-corrected chi connectivity index (χ1v) is 8.51. The molecule has 6 nitrogen and oxygen atoms in total. The van der Waals surface area contributed by atoms with Crippen molar-refractivity contribution < 1.29 is 19.0 Å². The van der Waals surface area contributed by atoms with Gasteiger partial charge in [-0.15, -0.1) is 0 Å². The van der Waals surface area contributed by atoms with E-state index in [0.29, 0.717) is 25.3 Å². The Bertz CT molecular complexity index is 701. The van der Waals surface area contributed by atoms with E-state index in [1.54, 1.807) is 21.3 Å². The van der Waals surface area contributed by atoms with Crippen LogP contribution >= 0.6 is 0 Å². The zero-order chi connectivity index (χ0) is 18.8. The van der Waals surface area contributed by atoms with E-state index in [1.807, 2.05) is 42.5 Å². The minimum absolute atomic E-state index is 0.00729. The molecule has 140 valence electrons. The fraction of sp³-hybridized carbons (Fsp3) is 0.350. The first-order valence-electron chi connectivity index (χ1n) is 8.51. The van der Waals surface area contributed by atoms with Gasteiger partial charge in [-0.3, -0.25) is 4.79 Å². The Morgan fingerprint density at radius 3 is 2.23 bits per heavy atom. The molecule has 0 radical (unpaired) electrons. The van der Waals surface area contributed by atoms with Crippen molar-refractivity contribution in [3.8, 4) is 17.2 Å². The van der Waals surface area contributed by atoms with E-state index in [1.165, 1.54) is 0 Å². The van der Waals surface area contributed by atoms with E-state index in [-0.39, 0.29) is 5.91 Å². The molecule has 6 heteroatoms. The number of anilines is 1. The first kappa shape index (κ1) is 19.4. The number of nitrogens with one attached hydrogen (secondary N) is 2. The van der Waals surface area contributed by atoms with Gasteiger partial charge in [0.1, 0.15) is 17.2 Å². The lowest BCUT2D eigenvalue weighted by Gasteiger charge is -2.12. The van der Waals surface area contributed by atoms with Gasteiger partial charge in [0, 0.05) is 25.6 Å². The number of methoxy groups -OCH3 is 3. The number of hydrogen-bond acceptors (Lipinski definition) is 5. The molecule has 0 fully saturated rings. The van der Waals surface area contributed by atoms with Crippen LogP contribution in [0.4, 0.5) is 5.69 Å². The molecule has 0 spiro atoms. The molecule has 0 aromatic heterocycles. The van der Waals surface area contributed by atoms with Crippen molar-refractivity contribution in [3.05, 3.63) is 48.0 Å². The van der Waals surface area contributed by atoms with Crippen molar-refractivity contribution in [3.63, 3.8) is 0 Å². The number of carbonyl (C=O) groups is 1. The van der Waals surface area contributed by atoms with Gasteiger partial charge in [-0.2, -0.15) is 0 Å². The quantitative estimate of drug-likeness (QED) is 0.683. The van der Waals surface area contributed by atoms with Crippen LogP contribution in [0.15, 0.2) is 42.5 Å². The minimum Gasteiger partial charge on any atom is -0.497 e. The molecule has 26 heavy (non-hydrogen) atoms. The second-order valence-corrected chi connectivity index (χ2v) is 5.69. The molecule has 2 N–H and O–H groups in total. The van der Waals surface area contributed by atoms with Crippen molar-refractivity contribution in [2.45, 2.75) is 12.8 Å². The van der Waals surface area contributed by atoms with Crippen LogP contribution < -0.4 is 24.8 Å². The third-order valence-electron chi connectivity index (χ3n) is 3.97. The van der Waals surface area contributed by atoms with Crippen molar-refractivity contribution in [2.24, 2.45) is 0 Å². The highest BCUT2D eigenvalue weighted by molar-refractivity contribution is 5.76. The Balaban J connectivity index is 1.71. The summed E-state index contributed by atoms with van der Waals surface area (Å²) in [4.78, 5) is 12.0. The zero-order valence-corrected chi connectivity index (χ0v) is 15.5. The van der Waals surface area contributed by atoms with Crippen LogP contribution in [0.5, 0.6) is 17.2 Å². The molecule has 2 aromatic carbocycles. The fourth-order valence-electron chi connectivity index (χ4n) is 2.49. The molecule has 0 saturated carbocycles. The van der Waals surface area contributed by atoms with Gasteiger partial charge in [0.2, 0.25) is 5.91 Å². The van der Waals surface area contributed by atoms with Gasteiger partial charge in [-0.25, -0.2) is 0 Å². The number of amides is 1. The van der Waals surface area contributed by atoms with Gasteiger partial charge in [0.15, 0.2) is 0 Å². The average molecular weight is 358 g/mol. The maximum Gasteiger partial charge on any atom is 0.221 e. The van der Waals surface area contributed by atoms with E-state index < -0.39 is 0 Å². The van der Waals surface area contributed by atoms with Crippen molar-refractivity contribution >= 4 is 11.6 Å². The maximum absolute atomic E-state index is 12.0. The van der Waals surface area contributed by atoms with E-state index in [0.717, 1.165) is 29.2 Å². The minimum atomic E-state index is 0.00729. The van der Waals surface area contributed by atoms with Gasteiger partial charge in [0.25, 0.3) is 0 Å². The molecule has 0 bridgehead atoms. The molecule has 1 amide bonds. The number of carbonyl (C=O) groups excluding carboxylic acids is 1. The van der Waals surface area contributed by atoms with Crippen LogP contribution in [-0.2, 0) is 11.2 Å². The average Bonchev–Trinajstić information content (AvgIpc) is 2.68. The first-order chi connectivity index (χ1) is 12.7. The van der Waals surface area contributed by atoms with Crippen LogP contribution in [-0.4, -0.2) is 40.3 Å². The molecular formula is C20H26N2O4. The third kappa shape index (κ3) is 5.88. The van der Waals surface area contributed by atoms with Gasteiger partial charge < -0.3 is 24.8 Å². The Kier molecular flexibility index (Phi) is 7.61. The standard InChI is InChI=1S/C20H26N2O4/c1-24-16-6-4-15(5-7-16)10-12-22-20(23)11-13-21-18-14-17(25-2)8-9-19(18)26-3/h4-9,14,21H,10-13H2,1-3H3,(H,22,23). The largest absolute Gasteiger partial charge is 0.497 e. The predicted molar refractivity (Wildman–Crippen MR) is 102 cm³/mol. The van der Waals surface area contributed by atoms with E-state index in [4.69, 9.17) is 14.2 Å². The van der Waals surface area contributed by atoms with Crippen molar-refractivity contribution in [1.29, 1.82) is 0 Å². The van der Waals surface area contributed by atoms with Crippen LogP contribution in [0, 0.1) is 0 Å². The SMILES string of the molecule is COc1ccc(CCNC(=O)CCNc2cc(OC)ccc2OC)cc1. The van der Waals surface area contributed by atoms with Gasteiger partial charge in [-0.1, -0.05) is 12.1 Å². The van der Waals surface area contributed by atoms with E-state index >= 15 is 0 Å². The fourth-order valence-corrected chi connectivity index (χ4v) is 2.49. The van der Waals surface area contributed by atoms with Crippen molar-refractivity contribution in [1.82, 2.24) is 5.32 Å². The summed E-state index contributed by atoms with van der Waals surface area (Å²) >= 11 is 0. The predicted octanol–water partition coefficient (Wildman–Crippen LogP) is 2.87. The molecule has 0 atom stereocenters. The summed E-state index contributed by atoms with van der Waals surface area (Å²) in [6.07, 6.45) is 1.16. The van der Waals surface area contributed by atoms with Gasteiger partial charge >= 0.3 is 0 Å². The van der Waals surface area contributed by atoms with Crippen LogP contribution in [0.25, 0.3) is 0 Å². The molecule has 0 heterocycles. The van der Waals surface area contributed by atoms with Gasteiger partial charge in [0.05, 0.1) is 27.0 Å². The lowest BCUT2D eigenvalue weighted by Crippen LogP contribution is -2.27. The monoisotopic (exact) mass is 358 g/mol. The van der Waals surface area contributed by atoms with E-state index in [9.17, 15) is 4.79 Å². The highest BCUT2D eigenvalue weighted by Crippen LogP contribution is 2.28. The Hall–Kier alpha value is -2.89. The van der Waals surface area contributed by atoms with Crippen LogP contribution in [0.1, 0.15) is 12.0 Å². The highest BCUT2D eigenvalue weighted by atomic mass is 16.5. The summed E-state index contributed by atoms with van der Waals surface area (Å²) in [5.41, 5.74) is 1.96. The molecular weight excluding hydrogens is 332 g/mol. The summed E-state index contributed by atoms with van der Waals surface area (Å²) < 4.78 is 15.6. The summed E-state index contributed by atoms with van der Waals surface area (Å²) in [5, 5.41) is 6.14. The summed E-state index contributed by atoms with van der Waals surface area (Å²) in [6, 6.07) is 13.3. The van der Waals surface area contributed by atoms with E-state index in [2.05, 4.69) is 10.6 Å². The second-order valence-electron chi connectivity index (χ2n) is 5.69. The summed E-state index contributed by atoms with van der Waals surface area (Å²) in [7, 11) is 4.87. The Morgan fingerprint density at radius 2 is 1.58 bits per heavy atom. The Morgan fingerprint density at radius 1 is 0.885 bits per heavy atom. The number of hydrogen-bond donors (Lipinski definition) is 2.